The lowest BCUT2D eigenvalue weighted by molar-refractivity contribution is -0.141. The number of epoxide rings is 1. The van der Waals surface area contributed by atoms with Gasteiger partial charge < -0.3 is 4.74 Å². The second-order valence-electron chi connectivity index (χ2n) is 3.30. The van der Waals surface area contributed by atoms with E-state index >= 15 is 0 Å². The topological polar surface area (TPSA) is 30.4 Å². The summed E-state index contributed by atoms with van der Waals surface area (Å²) in [7, 11) is 1.51. The van der Waals surface area contributed by atoms with E-state index in [2.05, 4.69) is 5.10 Å². The largest absolute Gasteiger partial charge is 0.435 e. The third-order valence-corrected chi connectivity index (χ3v) is 2.11. The number of rotatable bonds is 2. The number of aryl methyl sites for hydroxylation is 1. The van der Waals surface area contributed by atoms with E-state index in [0.717, 1.165) is 6.07 Å². The molecule has 14 heavy (non-hydrogen) atoms. The Balaban J connectivity index is 2.19. The van der Waals surface area contributed by atoms with Gasteiger partial charge >= 0.3 is 6.18 Å². The number of aromatic nitrogens is 2. The van der Waals surface area contributed by atoms with Crippen molar-refractivity contribution in [3.8, 4) is 0 Å². The summed E-state index contributed by atoms with van der Waals surface area (Å²) in [6.07, 6.45) is -3.79. The van der Waals surface area contributed by atoms with E-state index in [1.165, 1.54) is 11.7 Å². The SMILES string of the molecule is Cn1nc(C(F)(F)F)cc1CC1CO1. The van der Waals surface area contributed by atoms with Crippen LogP contribution in [-0.2, 0) is 24.4 Å². The molecule has 1 saturated heterocycles. The van der Waals surface area contributed by atoms with E-state index in [1.807, 2.05) is 0 Å². The van der Waals surface area contributed by atoms with Gasteiger partial charge in [0.25, 0.3) is 0 Å². The Hall–Kier alpha value is -1.04. The van der Waals surface area contributed by atoms with E-state index in [0.29, 0.717) is 18.7 Å². The minimum Gasteiger partial charge on any atom is -0.373 e. The molecule has 3 nitrogen and oxygen atoms in total. The molecule has 0 aromatic carbocycles. The van der Waals surface area contributed by atoms with Crippen molar-refractivity contribution in [2.24, 2.45) is 7.05 Å². The molecule has 0 spiro atoms. The fourth-order valence-corrected chi connectivity index (χ4v) is 1.25. The number of nitrogens with zero attached hydrogens (tertiary/aromatic N) is 2. The molecule has 2 rings (SSSR count). The summed E-state index contributed by atoms with van der Waals surface area (Å²) in [6, 6.07) is 1.07. The highest BCUT2D eigenvalue weighted by Crippen LogP contribution is 2.29. The summed E-state index contributed by atoms with van der Waals surface area (Å²) in [5.41, 5.74) is -0.282. The van der Waals surface area contributed by atoms with Gasteiger partial charge in [0, 0.05) is 19.2 Å². The molecule has 1 aromatic rings. The Morgan fingerprint density at radius 2 is 2.29 bits per heavy atom. The molecule has 1 aliphatic rings. The molecule has 1 atom stereocenters. The molecule has 0 radical (unpaired) electrons. The van der Waals surface area contributed by atoms with Gasteiger partial charge in [0.05, 0.1) is 12.7 Å². The third kappa shape index (κ3) is 1.89. The summed E-state index contributed by atoms with van der Waals surface area (Å²) in [4.78, 5) is 0. The predicted octanol–water partition coefficient (Wildman–Crippen LogP) is 1.38. The maximum atomic E-state index is 12.2. The molecular formula is C8H9F3N2O. The highest BCUT2D eigenvalue weighted by molar-refractivity contribution is 5.14. The second-order valence-corrected chi connectivity index (χ2v) is 3.30. The first kappa shape index (κ1) is 9.51. The van der Waals surface area contributed by atoms with Crippen molar-refractivity contribution >= 4 is 0 Å². The molecule has 1 aliphatic heterocycles. The molecular weight excluding hydrogens is 197 g/mol. The van der Waals surface area contributed by atoms with Crippen molar-refractivity contribution in [3.05, 3.63) is 17.5 Å². The van der Waals surface area contributed by atoms with Crippen LogP contribution in [0.1, 0.15) is 11.4 Å². The Morgan fingerprint density at radius 3 is 2.71 bits per heavy atom. The van der Waals surface area contributed by atoms with Gasteiger partial charge in [0.1, 0.15) is 0 Å². The minimum absolute atomic E-state index is 0.0754. The van der Waals surface area contributed by atoms with Crippen molar-refractivity contribution in [2.75, 3.05) is 6.61 Å². The molecule has 2 heterocycles. The van der Waals surface area contributed by atoms with E-state index in [4.69, 9.17) is 4.74 Å². The number of hydrogen-bond acceptors (Lipinski definition) is 2. The number of alkyl halides is 3. The second kappa shape index (κ2) is 2.98. The van der Waals surface area contributed by atoms with Crippen LogP contribution in [0.15, 0.2) is 6.07 Å². The van der Waals surface area contributed by atoms with Crippen LogP contribution in [0.25, 0.3) is 0 Å². The van der Waals surface area contributed by atoms with Crippen molar-refractivity contribution in [1.82, 2.24) is 9.78 Å². The highest BCUT2D eigenvalue weighted by Gasteiger charge is 2.35. The summed E-state index contributed by atoms with van der Waals surface area (Å²) in [5, 5.41) is 3.40. The van der Waals surface area contributed by atoms with Gasteiger partial charge in [-0.1, -0.05) is 0 Å². The molecule has 0 N–H and O–H groups in total. The zero-order chi connectivity index (χ0) is 10.3. The zero-order valence-electron chi connectivity index (χ0n) is 7.51. The number of halogens is 3. The van der Waals surface area contributed by atoms with E-state index in [-0.39, 0.29) is 6.10 Å². The normalized spacial score (nSPS) is 21.3. The highest BCUT2D eigenvalue weighted by atomic mass is 19.4. The molecule has 78 valence electrons. The molecule has 6 heteroatoms. The first-order valence-corrected chi connectivity index (χ1v) is 4.18. The van der Waals surface area contributed by atoms with E-state index in [9.17, 15) is 13.2 Å². The molecule has 1 aromatic heterocycles. The lowest BCUT2D eigenvalue weighted by Crippen LogP contribution is -2.06. The fourth-order valence-electron chi connectivity index (χ4n) is 1.25. The van der Waals surface area contributed by atoms with Crippen LogP contribution in [0.4, 0.5) is 13.2 Å². The average Bonchev–Trinajstić information content (AvgIpc) is 2.76. The van der Waals surface area contributed by atoms with Crippen LogP contribution in [-0.4, -0.2) is 22.5 Å². The van der Waals surface area contributed by atoms with Gasteiger partial charge in [0.2, 0.25) is 0 Å². The van der Waals surface area contributed by atoms with Crippen molar-refractivity contribution in [3.63, 3.8) is 0 Å². The van der Waals surface area contributed by atoms with Crippen molar-refractivity contribution in [2.45, 2.75) is 18.7 Å². The quantitative estimate of drug-likeness (QED) is 0.684. The summed E-state index contributed by atoms with van der Waals surface area (Å²) >= 11 is 0. The van der Waals surface area contributed by atoms with Crippen molar-refractivity contribution in [1.29, 1.82) is 0 Å². The molecule has 0 aliphatic carbocycles. The van der Waals surface area contributed by atoms with Gasteiger partial charge in [-0.25, -0.2) is 0 Å². The van der Waals surface area contributed by atoms with Crippen LogP contribution < -0.4 is 0 Å². The van der Waals surface area contributed by atoms with Crippen molar-refractivity contribution < 1.29 is 17.9 Å². The third-order valence-electron chi connectivity index (χ3n) is 2.11. The van der Waals surface area contributed by atoms with Gasteiger partial charge in [-0.05, 0) is 6.07 Å². The van der Waals surface area contributed by atoms with Crippen LogP contribution in [0.3, 0.4) is 0 Å². The predicted molar refractivity (Wildman–Crippen MR) is 41.7 cm³/mol. The Morgan fingerprint density at radius 1 is 1.64 bits per heavy atom. The van der Waals surface area contributed by atoms with Gasteiger partial charge in [-0.2, -0.15) is 18.3 Å². The minimum atomic E-state index is -4.36. The molecule has 1 fully saturated rings. The molecule has 0 bridgehead atoms. The summed E-state index contributed by atoms with van der Waals surface area (Å²) in [6.45, 7) is 0.631. The number of ether oxygens (including phenoxy) is 1. The van der Waals surface area contributed by atoms with Crippen LogP contribution in [0.5, 0.6) is 0 Å². The maximum Gasteiger partial charge on any atom is 0.435 e. The van der Waals surface area contributed by atoms with Crippen LogP contribution >= 0.6 is 0 Å². The molecule has 0 saturated carbocycles. The summed E-state index contributed by atoms with van der Waals surface area (Å²) < 4.78 is 42.9. The Kier molecular flexibility index (Phi) is 2.02. The first-order valence-electron chi connectivity index (χ1n) is 4.18. The lowest BCUT2D eigenvalue weighted by Gasteiger charge is -1.99. The molecule has 1 unspecified atom stereocenters. The van der Waals surface area contributed by atoms with E-state index in [1.54, 1.807) is 0 Å². The van der Waals surface area contributed by atoms with Crippen LogP contribution in [0, 0.1) is 0 Å². The summed E-state index contributed by atoms with van der Waals surface area (Å²) in [5.74, 6) is 0. The smallest absolute Gasteiger partial charge is 0.373 e. The lowest BCUT2D eigenvalue weighted by atomic mass is 10.2. The standard InChI is InChI=1S/C8H9F3N2O/c1-13-5(2-6-4-14-6)3-7(12-13)8(9,10)11/h3,6H,2,4H2,1H3. The fraction of sp³-hybridized carbons (Fsp3) is 0.625. The monoisotopic (exact) mass is 206 g/mol. The van der Waals surface area contributed by atoms with Gasteiger partial charge in [-0.3, -0.25) is 4.68 Å². The number of hydrogen-bond donors (Lipinski definition) is 0. The Bertz CT molecular complexity index is 341. The van der Waals surface area contributed by atoms with E-state index < -0.39 is 11.9 Å². The maximum absolute atomic E-state index is 12.2. The first-order chi connectivity index (χ1) is 6.47. The molecule has 0 amide bonds. The van der Waals surface area contributed by atoms with Gasteiger partial charge in [0.15, 0.2) is 5.69 Å². The average molecular weight is 206 g/mol. The zero-order valence-corrected chi connectivity index (χ0v) is 7.51. The van der Waals surface area contributed by atoms with Gasteiger partial charge in [-0.15, -0.1) is 0 Å². The Labute approximate surface area is 78.5 Å². The van der Waals surface area contributed by atoms with Crippen LogP contribution in [0.2, 0.25) is 0 Å².